The molecule has 0 aromatic heterocycles. The zero-order valence-electron chi connectivity index (χ0n) is 15.2. The minimum Gasteiger partial charge on any atom is -0.478 e. The monoisotopic (exact) mass is 406 g/mol. The molecular weight excluding hydrogens is 392 g/mol. The average molecular weight is 406 g/mol. The first-order chi connectivity index (χ1) is 14.2. The van der Waals surface area contributed by atoms with Crippen LogP contribution in [0.15, 0.2) is 60.7 Å². The summed E-state index contributed by atoms with van der Waals surface area (Å²) in [5.74, 6) is -5.72. The Morgan fingerprint density at radius 2 is 0.933 bits per heavy atom. The molecule has 0 saturated heterocycles. The lowest BCUT2D eigenvalue weighted by molar-refractivity contribution is 0.0652. The lowest BCUT2D eigenvalue weighted by Gasteiger charge is -2.18. The highest BCUT2D eigenvalue weighted by atomic mass is 16.4. The maximum Gasteiger partial charge on any atom is 0.337 e. The Kier molecular flexibility index (Phi) is 5.33. The van der Waals surface area contributed by atoms with Crippen LogP contribution in [0.4, 0.5) is 0 Å². The van der Waals surface area contributed by atoms with Crippen molar-refractivity contribution in [2.45, 2.75) is 0 Å². The smallest absolute Gasteiger partial charge is 0.337 e. The van der Waals surface area contributed by atoms with Gasteiger partial charge in [0, 0.05) is 5.56 Å². The van der Waals surface area contributed by atoms with E-state index in [4.69, 9.17) is 0 Å². The summed E-state index contributed by atoms with van der Waals surface area (Å²) in [4.78, 5) is 47.2. The van der Waals surface area contributed by atoms with Gasteiger partial charge in [0.25, 0.3) is 0 Å². The number of benzene rings is 3. The molecule has 3 aromatic rings. The molecule has 0 spiro atoms. The average Bonchev–Trinajstić information content (AvgIpc) is 2.72. The van der Waals surface area contributed by atoms with E-state index >= 15 is 0 Å². The largest absolute Gasteiger partial charge is 0.478 e. The van der Waals surface area contributed by atoms with Gasteiger partial charge >= 0.3 is 23.9 Å². The van der Waals surface area contributed by atoms with Gasteiger partial charge in [-0.1, -0.05) is 42.5 Å². The molecule has 0 radical (unpaired) electrons. The molecule has 0 aliphatic heterocycles. The molecule has 0 unspecified atom stereocenters. The van der Waals surface area contributed by atoms with E-state index in [0.717, 1.165) is 6.07 Å². The molecule has 150 valence electrons. The molecule has 0 aliphatic carbocycles. The molecule has 8 heteroatoms. The number of hydrogen-bond donors (Lipinski definition) is 4. The Bertz CT molecular complexity index is 1210. The van der Waals surface area contributed by atoms with Crippen molar-refractivity contribution in [3.05, 3.63) is 82.9 Å². The van der Waals surface area contributed by atoms with Crippen LogP contribution < -0.4 is 0 Å². The fraction of sp³-hybridized carbons (Fsp3) is 0. The molecule has 0 aliphatic rings. The summed E-state index contributed by atoms with van der Waals surface area (Å²) in [6.45, 7) is 0. The van der Waals surface area contributed by atoms with E-state index in [0.29, 0.717) is 0 Å². The van der Waals surface area contributed by atoms with Crippen molar-refractivity contribution in [1.29, 1.82) is 0 Å². The van der Waals surface area contributed by atoms with Crippen LogP contribution in [0.5, 0.6) is 0 Å². The maximum atomic E-state index is 12.1. The van der Waals surface area contributed by atoms with Gasteiger partial charge in [0.2, 0.25) is 0 Å². The number of rotatable bonds is 6. The Hall–Kier alpha value is -4.46. The third kappa shape index (κ3) is 3.49. The van der Waals surface area contributed by atoms with Gasteiger partial charge in [0.15, 0.2) is 0 Å². The lowest BCUT2D eigenvalue weighted by atomic mass is 9.84. The molecule has 4 N–H and O–H groups in total. The van der Waals surface area contributed by atoms with Gasteiger partial charge in [0.05, 0.1) is 22.3 Å². The van der Waals surface area contributed by atoms with Gasteiger partial charge in [0.1, 0.15) is 0 Å². The van der Waals surface area contributed by atoms with E-state index < -0.39 is 35.0 Å². The fourth-order valence-corrected chi connectivity index (χ4v) is 3.30. The highest BCUT2D eigenvalue weighted by Gasteiger charge is 2.28. The van der Waals surface area contributed by atoms with Crippen molar-refractivity contribution in [1.82, 2.24) is 0 Å². The predicted molar refractivity (Wildman–Crippen MR) is 105 cm³/mol. The lowest BCUT2D eigenvalue weighted by Crippen LogP contribution is -2.13. The van der Waals surface area contributed by atoms with Crippen molar-refractivity contribution in [3.63, 3.8) is 0 Å². The second-order valence-electron chi connectivity index (χ2n) is 6.22. The highest BCUT2D eigenvalue weighted by Crippen LogP contribution is 2.40. The van der Waals surface area contributed by atoms with Crippen LogP contribution in [0.2, 0.25) is 0 Å². The van der Waals surface area contributed by atoms with E-state index in [9.17, 15) is 39.6 Å². The molecule has 0 amide bonds. The molecule has 0 heterocycles. The molecule has 0 atom stereocenters. The van der Waals surface area contributed by atoms with E-state index in [1.54, 1.807) is 6.07 Å². The standard InChI is InChI=1S/C22H14O8/c23-19(24)14-7-3-1-5-11(14)13-9-10-16(21(27)28)18(22(29)30)17(13)12-6-2-4-8-15(12)20(25)26/h1-10H,(H,23,24)(H,25,26)(H,27,28)(H,29,30). The first-order valence-electron chi connectivity index (χ1n) is 8.53. The maximum absolute atomic E-state index is 12.1. The van der Waals surface area contributed by atoms with Gasteiger partial charge in [-0.05, 0) is 34.9 Å². The number of aromatic carboxylic acids is 4. The van der Waals surface area contributed by atoms with Crippen molar-refractivity contribution in [2.24, 2.45) is 0 Å². The Morgan fingerprint density at radius 1 is 0.467 bits per heavy atom. The minimum atomic E-state index is -1.59. The van der Waals surface area contributed by atoms with Gasteiger partial charge in [-0.15, -0.1) is 0 Å². The molecule has 3 aromatic carbocycles. The van der Waals surface area contributed by atoms with E-state index in [2.05, 4.69) is 0 Å². The predicted octanol–water partition coefficient (Wildman–Crippen LogP) is 3.81. The Labute approximate surface area is 169 Å². The number of carbonyl (C=O) groups is 4. The van der Waals surface area contributed by atoms with E-state index in [-0.39, 0.29) is 33.4 Å². The third-order valence-corrected chi connectivity index (χ3v) is 4.52. The van der Waals surface area contributed by atoms with Crippen LogP contribution >= 0.6 is 0 Å². The fourth-order valence-electron chi connectivity index (χ4n) is 3.30. The van der Waals surface area contributed by atoms with Gasteiger partial charge in [-0.25, -0.2) is 19.2 Å². The third-order valence-electron chi connectivity index (χ3n) is 4.52. The summed E-state index contributed by atoms with van der Waals surface area (Å²) in [5.41, 5.74) is -1.59. The topological polar surface area (TPSA) is 149 Å². The first-order valence-corrected chi connectivity index (χ1v) is 8.53. The van der Waals surface area contributed by atoms with Crippen LogP contribution in [0.3, 0.4) is 0 Å². The summed E-state index contributed by atoms with van der Waals surface area (Å²) in [7, 11) is 0. The zero-order chi connectivity index (χ0) is 22.0. The normalized spacial score (nSPS) is 10.4. The Morgan fingerprint density at radius 3 is 1.43 bits per heavy atom. The molecule has 8 nitrogen and oxygen atoms in total. The van der Waals surface area contributed by atoms with Gasteiger partial charge in [-0.3, -0.25) is 0 Å². The summed E-state index contributed by atoms with van der Waals surface area (Å²) >= 11 is 0. The first kappa shape index (κ1) is 20.3. The molecular formula is C22H14O8. The quantitative estimate of drug-likeness (QED) is 0.483. The van der Waals surface area contributed by atoms with E-state index in [1.165, 1.54) is 48.5 Å². The molecule has 30 heavy (non-hydrogen) atoms. The molecule has 0 bridgehead atoms. The van der Waals surface area contributed by atoms with Crippen LogP contribution in [0.25, 0.3) is 22.3 Å². The summed E-state index contributed by atoms with van der Waals surface area (Å²) in [5, 5.41) is 38.4. The minimum absolute atomic E-state index is 0.0410. The van der Waals surface area contributed by atoms with Crippen LogP contribution in [0.1, 0.15) is 41.4 Å². The molecule has 0 saturated carbocycles. The number of carboxylic acid groups (broad SMARTS) is 4. The number of hydrogen-bond acceptors (Lipinski definition) is 4. The summed E-state index contributed by atoms with van der Waals surface area (Å²) in [6, 6.07) is 13.7. The number of carboxylic acids is 4. The summed E-state index contributed by atoms with van der Waals surface area (Å²) < 4.78 is 0. The SMILES string of the molecule is O=C(O)c1ccccc1-c1ccc(C(=O)O)c(C(=O)O)c1-c1ccccc1C(=O)O. The van der Waals surface area contributed by atoms with Crippen LogP contribution in [-0.2, 0) is 0 Å². The summed E-state index contributed by atoms with van der Waals surface area (Å²) in [6.07, 6.45) is 0. The van der Waals surface area contributed by atoms with Crippen molar-refractivity contribution < 1.29 is 39.6 Å². The van der Waals surface area contributed by atoms with Crippen molar-refractivity contribution in [3.8, 4) is 22.3 Å². The van der Waals surface area contributed by atoms with Crippen molar-refractivity contribution >= 4 is 23.9 Å². The van der Waals surface area contributed by atoms with Crippen LogP contribution in [0, 0.1) is 0 Å². The Balaban J connectivity index is 2.55. The molecule has 0 fully saturated rings. The van der Waals surface area contributed by atoms with E-state index in [1.807, 2.05) is 0 Å². The van der Waals surface area contributed by atoms with Crippen molar-refractivity contribution in [2.75, 3.05) is 0 Å². The van der Waals surface area contributed by atoms with Gasteiger partial charge in [-0.2, -0.15) is 0 Å². The second-order valence-corrected chi connectivity index (χ2v) is 6.22. The molecule has 3 rings (SSSR count). The second kappa shape index (κ2) is 7.88. The van der Waals surface area contributed by atoms with Crippen LogP contribution in [-0.4, -0.2) is 44.3 Å². The zero-order valence-corrected chi connectivity index (χ0v) is 15.2. The highest BCUT2D eigenvalue weighted by molar-refractivity contribution is 6.13. The van der Waals surface area contributed by atoms with Gasteiger partial charge < -0.3 is 20.4 Å².